The van der Waals surface area contributed by atoms with Crippen molar-refractivity contribution in [2.24, 2.45) is 0 Å². The lowest BCUT2D eigenvalue weighted by Crippen LogP contribution is -2.44. The predicted octanol–water partition coefficient (Wildman–Crippen LogP) is 3.22. The predicted molar refractivity (Wildman–Crippen MR) is 130 cm³/mol. The summed E-state index contributed by atoms with van der Waals surface area (Å²) in [5.74, 6) is 1.95. The molecule has 0 atom stereocenters. The summed E-state index contributed by atoms with van der Waals surface area (Å²) in [7, 11) is 5.45. The first kappa shape index (κ1) is 22.7. The fourth-order valence-electron chi connectivity index (χ4n) is 3.98. The van der Waals surface area contributed by atoms with Crippen LogP contribution in [-0.2, 0) is 12.8 Å². The van der Waals surface area contributed by atoms with Crippen LogP contribution >= 0.6 is 0 Å². The van der Waals surface area contributed by atoms with Crippen LogP contribution in [0.25, 0.3) is 0 Å². The minimum atomic E-state index is -0.174. The number of H-pyrrole nitrogens is 1. The van der Waals surface area contributed by atoms with E-state index in [4.69, 9.17) is 9.47 Å². The van der Waals surface area contributed by atoms with Crippen molar-refractivity contribution in [3.8, 4) is 11.5 Å². The van der Waals surface area contributed by atoms with Gasteiger partial charge in [-0.25, -0.2) is 0 Å². The second kappa shape index (κ2) is 10.4. The quantitative estimate of drug-likeness (QED) is 0.550. The number of hydrogen-bond donors (Lipinski definition) is 2. The van der Waals surface area contributed by atoms with Crippen molar-refractivity contribution >= 4 is 17.4 Å². The Balaban J connectivity index is 1.33. The number of benzene rings is 2. The molecule has 33 heavy (non-hydrogen) atoms. The van der Waals surface area contributed by atoms with Crippen molar-refractivity contribution in [1.29, 1.82) is 0 Å². The van der Waals surface area contributed by atoms with E-state index >= 15 is 0 Å². The number of carbonyl (C=O) groups excluding carboxylic acids is 1. The van der Waals surface area contributed by atoms with E-state index in [1.807, 2.05) is 48.5 Å². The Kier molecular flexibility index (Phi) is 7.14. The van der Waals surface area contributed by atoms with Gasteiger partial charge in [-0.2, -0.15) is 5.10 Å². The summed E-state index contributed by atoms with van der Waals surface area (Å²) in [6.07, 6.45) is 1.48. The fourth-order valence-corrected chi connectivity index (χ4v) is 3.98. The highest BCUT2D eigenvalue weighted by Crippen LogP contribution is 2.25. The monoisotopic (exact) mass is 449 g/mol. The first-order valence-corrected chi connectivity index (χ1v) is 11.2. The summed E-state index contributed by atoms with van der Waals surface area (Å²) in [4.78, 5) is 17.3. The van der Waals surface area contributed by atoms with Gasteiger partial charge in [-0.15, -0.1) is 0 Å². The Morgan fingerprint density at radius 2 is 1.76 bits per heavy atom. The first-order chi connectivity index (χ1) is 16.1. The number of hydrogen-bond acceptors (Lipinski definition) is 6. The molecule has 1 aliphatic rings. The van der Waals surface area contributed by atoms with Gasteiger partial charge in [0.05, 0.1) is 14.2 Å². The lowest BCUT2D eigenvalue weighted by atomic mass is 10.1. The van der Waals surface area contributed by atoms with Gasteiger partial charge in [0.2, 0.25) is 0 Å². The maximum atomic E-state index is 12.7. The van der Waals surface area contributed by atoms with Gasteiger partial charge in [-0.3, -0.25) is 9.89 Å². The number of anilines is 2. The van der Waals surface area contributed by atoms with Crippen molar-refractivity contribution in [3.63, 3.8) is 0 Å². The van der Waals surface area contributed by atoms with Crippen LogP contribution in [0, 0.1) is 0 Å². The molecule has 174 valence electrons. The molecule has 1 aromatic heterocycles. The zero-order chi connectivity index (χ0) is 23.2. The van der Waals surface area contributed by atoms with E-state index in [1.165, 1.54) is 0 Å². The third-order valence-electron chi connectivity index (χ3n) is 6.02. The van der Waals surface area contributed by atoms with Crippen LogP contribution in [0.5, 0.6) is 11.5 Å². The van der Waals surface area contributed by atoms with Gasteiger partial charge in [0.1, 0.15) is 11.5 Å². The van der Waals surface area contributed by atoms with Gasteiger partial charge in [0, 0.05) is 49.2 Å². The smallest absolute Gasteiger partial charge is 0.256 e. The van der Waals surface area contributed by atoms with E-state index in [0.29, 0.717) is 11.4 Å². The van der Waals surface area contributed by atoms with Crippen LogP contribution in [0.4, 0.5) is 11.5 Å². The molecule has 0 aliphatic carbocycles. The van der Waals surface area contributed by atoms with Gasteiger partial charge in [0.25, 0.3) is 5.91 Å². The molecule has 1 saturated heterocycles. The number of rotatable bonds is 8. The fraction of sp³-hybridized carbons (Fsp3) is 0.360. The lowest BCUT2D eigenvalue weighted by Gasteiger charge is -2.34. The number of likely N-dealkylation sites (N-methyl/N-ethyl adjacent to an activating group) is 1. The molecule has 1 aliphatic heterocycles. The molecule has 8 nitrogen and oxygen atoms in total. The van der Waals surface area contributed by atoms with Crippen LogP contribution < -0.4 is 19.7 Å². The minimum absolute atomic E-state index is 0.174. The molecular weight excluding hydrogens is 418 g/mol. The highest BCUT2D eigenvalue weighted by molar-refractivity contribution is 6.03. The molecule has 1 fully saturated rings. The summed E-state index contributed by atoms with van der Waals surface area (Å²) < 4.78 is 10.8. The third kappa shape index (κ3) is 5.64. The van der Waals surface area contributed by atoms with E-state index in [-0.39, 0.29) is 5.91 Å². The van der Waals surface area contributed by atoms with Crippen molar-refractivity contribution in [2.45, 2.75) is 12.8 Å². The maximum absolute atomic E-state index is 12.7. The molecule has 1 amide bonds. The normalized spacial score (nSPS) is 14.2. The van der Waals surface area contributed by atoms with Gasteiger partial charge in [-0.05, 0) is 67.9 Å². The van der Waals surface area contributed by atoms with Crippen LogP contribution in [0.2, 0.25) is 0 Å². The zero-order valence-corrected chi connectivity index (χ0v) is 19.4. The number of piperazine rings is 1. The van der Waals surface area contributed by atoms with Crippen LogP contribution in [0.1, 0.15) is 21.6 Å². The van der Waals surface area contributed by atoms with Gasteiger partial charge < -0.3 is 24.6 Å². The highest BCUT2D eigenvalue weighted by Gasteiger charge is 2.15. The second-order valence-corrected chi connectivity index (χ2v) is 8.25. The van der Waals surface area contributed by atoms with E-state index < -0.39 is 0 Å². The van der Waals surface area contributed by atoms with Gasteiger partial charge in [0.15, 0.2) is 5.82 Å². The van der Waals surface area contributed by atoms with Crippen LogP contribution in [-0.4, -0.2) is 68.5 Å². The molecule has 2 N–H and O–H groups in total. The summed E-state index contributed by atoms with van der Waals surface area (Å²) in [6.45, 7) is 4.10. The Bertz CT molecular complexity index is 1070. The molecule has 0 radical (unpaired) electrons. The molecule has 3 aromatic rings. The van der Waals surface area contributed by atoms with Crippen LogP contribution in [0.15, 0.2) is 48.5 Å². The van der Waals surface area contributed by atoms with Crippen molar-refractivity contribution in [1.82, 2.24) is 15.1 Å². The number of ether oxygens (including phenoxy) is 2. The Labute approximate surface area is 194 Å². The Morgan fingerprint density at radius 1 is 1.00 bits per heavy atom. The number of methoxy groups -OCH3 is 2. The standard InChI is InChI=1S/C25H31N5O3/c1-29-12-14-30(15-13-29)21-8-5-18(6-9-21)25(31)26-24-17-20(27-28-24)7-4-19-16-22(32-2)10-11-23(19)33-3/h5-6,8-11,16-17H,4,7,12-15H2,1-3H3,(H2,26,27,28,31). The SMILES string of the molecule is COc1ccc(OC)c(CCc2cc(NC(=O)c3ccc(N4CCN(C)CC4)cc3)n[nH]2)c1. The van der Waals surface area contributed by atoms with Crippen molar-refractivity contribution in [3.05, 3.63) is 65.4 Å². The number of nitrogens with one attached hydrogen (secondary N) is 2. The molecule has 0 unspecified atom stereocenters. The second-order valence-electron chi connectivity index (χ2n) is 8.25. The van der Waals surface area contributed by atoms with E-state index in [9.17, 15) is 4.79 Å². The summed E-state index contributed by atoms with van der Waals surface area (Å²) >= 11 is 0. The molecule has 4 rings (SSSR count). The molecular formula is C25H31N5O3. The molecule has 2 heterocycles. The van der Waals surface area contributed by atoms with E-state index in [2.05, 4.69) is 32.4 Å². The molecule has 8 heteroatoms. The molecule has 0 saturated carbocycles. The van der Waals surface area contributed by atoms with Gasteiger partial charge in [-0.1, -0.05) is 0 Å². The summed E-state index contributed by atoms with van der Waals surface area (Å²) in [5.41, 5.74) is 3.74. The zero-order valence-electron chi connectivity index (χ0n) is 19.4. The van der Waals surface area contributed by atoms with Crippen molar-refractivity contribution in [2.75, 3.05) is 57.7 Å². The molecule has 2 aromatic carbocycles. The Hall–Kier alpha value is -3.52. The van der Waals surface area contributed by atoms with Crippen molar-refractivity contribution < 1.29 is 14.3 Å². The number of carbonyl (C=O) groups is 1. The van der Waals surface area contributed by atoms with E-state index in [0.717, 1.165) is 67.5 Å². The average Bonchev–Trinajstić information content (AvgIpc) is 3.30. The molecule has 0 spiro atoms. The number of amides is 1. The molecule has 0 bridgehead atoms. The summed E-state index contributed by atoms with van der Waals surface area (Å²) in [5, 5.41) is 10.1. The van der Waals surface area contributed by atoms with Gasteiger partial charge >= 0.3 is 0 Å². The first-order valence-electron chi connectivity index (χ1n) is 11.2. The summed E-state index contributed by atoms with van der Waals surface area (Å²) in [6, 6.07) is 15.4. The lowest BCUT2D eigenvalue weighted by molar-refractivity contribution is 0.102. The highest BCUT2D eigenvalue weighted by atomic mass is 16.5. The number of nitrogens with zero attached hydrogens (tertiary/aromatic N) is 3. The topological polar surface area (TPSA) is 82.7 Å². The average molecular weight is 450 g/mol. The largest absolute Gasteiger partial charge is 0.497 e. The van der Waals surface area contributed by atoms with Crippen LogP contribution in [0.3, 0.4) is 0 Å². The Morgan fingerprint density at radius 3 is 2.45 bits per heavy atom. The number of aromatic nitrogens is 2. The minimum Gasteiger partial charge on any atom is -0.497 e. The maximum Gasteiger partial charge on any atom is 0.256 e. The number of aryl methyl sites for hydroxylation is 2. The third-order valence-corrected chi connectivity index (χ3v) is 6.02. The van der Waals surface area contributed by atoms with E-state index in [1.54, 1.807) is 14.2 Å². The number of aromatic amines is 1.